The Morgan fingerprint density at radius 1 is 1.53 bits per heavy atom. The van der Waals surface area contributed by atoms with E-state index in [0.717, 1.165) is 15.7 Å². The van der Waals surface area contributed by atoms with Crippen LogP contribution in [0.5, 0.6) is 0 Å². The predicted octanol–water partition coefficient (Wildman–Crippen LogP) is 2.49. The fourth-order valence-electron chi connectivity index (χ4n) is 1.97. The number of halogens is 2. The van der Waals surface area contributed by atoms with E-state index in [0.29, 0.717) is 13.2 Å². The minimum absolute atomic E-state index is 0. The highest BCUT2D eigenvalue weighted by Gasteiger charge is 2.28. The molecule has 2 atom stereocenters. The normalized spacial score (nSPS) is 22.5. The largest absolute Gasteiger partial charge is 0.375 e. The van der Waals surface area contributed by atoms with Crippen molar-refractivity contribution in [2.24, 2.45) is 0 Å². The first-order chi connectivity index (χ1) is 8.58. The second-order valence-electron chi connectivity index (χ2n) is 4.46. The van der Waals surface area contributed by atoms with Crippen molar-refractivity contribution in [1.29, 1.82) is 0 Å². The zero-order chi connectivity index (χ0) is 13.1. The van der Waals surface area contributed by atoms with Crippen LogP contribution in [0.15, 0.2) is 22.7 Å². The van der Waals surface area contributed by atoms with Crippen molar-refractivity contribution >= 4 is 39.9 Å². The van der Waals surface area contributed by atoms with Crippen LogP contribution >= 0.6 is 28.3 Å². The molecule has 2 N–H and O–H groups in total. The van der Waals surface area contributed by atoms with Crippen molar-refractivity contribution in [3.8, 4) is 0 Å². The summed E-state index contributed by atoms with van der Waals surface area (Å²) in [5, 5.41) is 6.08. The summed E-state index contributed by atoms with van der Waals surface area (Å²) in [5.74, 6) is -0.0519. The number of nitrogens with one attached hydrogen (secondary N) is 2. The average Bonchev–Trinajstić information content (AvgIpc) is 2.34. The summed E-state index contributed by atoms with van der Waals surface area (Å²) in [6.45, 7) is 5.26. The fraction of sp³-hybridized carbons (Fsp3) is 0.462. The van der Waals surface area contributed by atoms with Crippen molar-refractivity contribution in [3.05, 3.63) is 28.2 Å². The molecule has 1 aromatic rings. The van der Waals surface area contributed by atoms with Crippen molar-refractivity contribution in [3.63, 3.8) is 0 Å². The number of ether oxygens (including phenoxy) is 1. The molecule has 106 valence electrons. The Bertz CT molecular complexity index is 456. The Morgan fingerprint density at radius 3 is 2.89 bits per heavy atom. The van der Waals surface area contributed by atoms with Crippen LogP contribution in [0, 0.1) is 6.92 Å². The van der Waals surface area contributed by atoms with Crippen LogP contribution in [-0.4, -0.2) is 31.2 Å². The van der Waals surface area contributed by atoms with Gasteiger partial charge in [-0.05, 0) is 37.6 Å². The summed E-state index contributed by atoms with van der Waals surface area (Å²) in [6.07, 6.45) is -0.102. The summed E-state index contributed by atoms with van der Waals surface area (Å²) in [7, 11) is 0. The van der Waals surface area contributed by atoms with Gasteiger partial charge in [-0.25, -0.2) is 0 Å². The molecule has 0 unspecified atom stereocenters. The number of carbonyl (C=O) groups excluding carboxylic acids is 1. The van der Waals surface area contributed by atoms with Gasteiger partial charge in [-0.3, -0.25) is 4.79 Å². The molecule has 1 fully saturated rings. The Labute approximate surface area is 127 Å². The van der Waals surface area contributed by atoms with E-state index in [4.69, 9.17) is 4.74 Å². The zero-order valence-electron chi connectivity index (χ0n) is 10.9. The first kappa shape index (κ1) is 16.4. The minimum Gasteiger partial charge on any atom is -0.375 e. The number of aryl methyl sites for hydroxylation is 1. The van der Waals surface area contributed by atoms with Crippen molar-refractivity contribution in [2.45, 2.75) is 26.0 Å². The maximum absolute atomic E-state index is 12.1. The standard InChI is InChI=1S/C13H17BrN2O2.ClH/c1-8-7-10(3-4-11(8)14)16-13(17)12-9(2)18-6-5-15-12;/h3-4,7,9,12,15H,5-6H2,1-2H3,(H,16,17);1H/t9-,12+;/m1./s1. The molecule has 6 heteroatoms. The maximum atomic E-state index is 12.1. The van der Waals surface area contributed by atoms with Crippen LogP contribution in [0.3, 0.4) is 0 Å². The van der Waals surface area contributed by atoms with E-state index in [1.807, 2.05) is 32.0 Å². The Kier molecular flexibility index (Phi) is 6.26. The third kappa shape index (κ3) is 4.18. The van der Waals surface area contributed by atoms with E-state index in [1.54, 1.807) is 0 Å². The number of amides is 1. The maximum Gasteiger partial charge on any atom is 0.244 e. The summed E-state index contributed by atoms with van der Waals surface area (Å²) in [5.41, 5.74) is 1.90. The van der Waals surface area contributed by atoms with Gasteiger partial charge in [0.2, 0.25) is 5.91 Å². The van der Waals surface area contributed by atoms with Gasteiger partial charge >= 0.3 is 0 Å². The van der Waals surface area contributed by atoms with Crippen LogP contribution < -0.4 is 10.6 Å². The van der Waals surface area contributed by atoms with Crippen molar-refractivity contribution in [1.82, 2.24) is 5.32 Å². The highest BCUT2D eigenvalue weighted by atomic mass is 79.9. The molecular weight excluding hydrogens is 332 g/mol. The monoisotopic (exact) mass is 348 g/mol. The van der Waals surface area contributed by atoms with Gasteiger partial charge in [0.25, 0.3) is 0 Å². The van der Waals surface area contributed by atoms with E-state index < -0.39 is 0 Å². The number of benzene rings is 1. The molecule has 0 bridgehead atoms. The number of carbonyl (C=O) groups is 1. The predicted molar refractivity (Wildman–Crippen MR) is 82.0 cm³/mol. The molecule has 1 saturated heterocycles. The van der Waals surface area contributed by atoms with E-state index in [1.165, 1.54) is 0 Å². The molecule has 4 nitrogen and oxygen atoms in total. The molecule has 19 heavy (non-hydrogen) atoms. The number of hydrogen-bond donors (Lipinski definition) is 2. The molecule has 1 aliphatic rings. The van der Waals surface area contributed by atoms with Crippen LogP contribution in [-0.2, 0) is 9.53 Å². The first-order valence-electron chi connectivity index (χ1n) is 6.00. The molecule has 0 saturated carbocycles. The molecule has 0 aromatic heterocycles. The van der Waals surface area contributed by atoms with Gasteiger partial charge < -0.3 is 15.4 Å². The van der Waals surface area contributed by atoms with E-state index in [2.05, 4.69) is 26.6 Å². The lowest BCUT2D eigenvalue weighted by atomic mass is 10.1. The Morgan fingerprint density at radius 2 is 2.26 bits per heavy atom. The number of anilines is 1. The Hall–Kier alpha value is -0.620. The lowest BCUT2D eigenvalue weighted by Crippen LogP contribution is -2.53. The van der Waals surface area contributed by atoms with Crippen LogP contribution in [0.25, 0.3) is 0 Å². The minimum atomic E-state index is -0.289. The van der Waals surface area contributed by atoms with Gasteiger partial charge in [0.15, 0.2) is 0 Å². The summed E-state index contributed by atoms with van der Waals surface area (Å²) >= 11 is 3.44. The quantitative estimate of drug-likeness (QED) is 0.862. The summed E-state index contributed by atoms with van der Waals surface area (Å²) < 4.78 is 6.50. The second-order valence-corrected chi connectivity index (χ2v) is 5.32. The van der Waals surface area contributed by atoms with Gasteiger partial charge in [0, 0.05) is 16.7 Å². The third-order valence-electron chi connectivity index (χ3n) is 3.02. The molecule has 1 aromatic carbocycles. The molecule has 1 amide bonds. The highest BCUT2D eigenvalue weighted by molar-refractivity contribution is 9.10. The number of morpholine rings is 1. The van der Waals surface area contributed by atoms with Crippen LogP contribution in [0.2, 0.25) is 0 Å². The molecule has 1 aliphatic heterocycles. The van der Waals surface area contributed by atoms with Gasteiger partial charge in [-0.2, -0.15) is 0 Å². The van der Waals surface area contributed by atoms with Crippen molar-refractivity contribution in [2.75, 3.05) is 18.5 Å². The zero-order valence-corrected chi connectivity index (χ0v) is 13.3. The van der Waals surface area contributed by atoms with E-state index >= 15 is 0 Å². The summed E-state index contributed by atoms with van der Waals surface area (Å²) in [6, 6.07) is 5.46. The van der Waals surface area contributed by atoms with Gasteiger partial charge in [0.05, 0.1) is 12.7 Å². The van der Waals surface area contributed by atoms with Gasteiger partial charge in [-0.15, -0.1) is 12.4 Å². The smallest absolute Gasteiger partial charge is 0.244 e. The molecular formula is C13H18BrClN2O2. The second kappa shape index (κ2) is 7.24. The van der Waals surface area contributed by atoms with Crippen LogP contribution in [0.4, 0.5) is 5.69 Å². The molecule has 0 aliphatic carbocycles. The topological polar surface area (TPSA) is 50.4 Å². The first-order valence-corrected chi connectivity index (χ1v) is 6.79. The lowest BCUT2D eigenvalue weighted by molar-refractivity contribution is -0.123. The summed E-state index contributed by atoms with van der Waals surface area (Å²) in [4.78, 5) is 12.1. The average molecular weight is 350 g/mol. The number of hydrogen-bond acceptors (Lipinski definition) is 3. The Balaban J connectivity index is 0.00000180. The van der Waals surface area contributed by atoms with E-state index in [9.17, 15) is 4.79 Å². The fourth-order valence-corrected chi connectivity index (χ4v) is 2.22. The van der Waals surface area contributed by atoms with Gasteiger partial charge in [0.1, 0.15) is 6.04 Å². The molecule has 1 heterocycles. The molecule has 0 spiro atoms. The van der Waals surface area contributed by atoms with Crippen molar-refractivity contribution < 1.29 is 9.53 Å². The molecule has 0 radical (unpaired) electrons. The number of rotatable bonds is 2. The third-order valence-corrected chi connectivity index (χ3v) is 3.91. The SMILES string of the molecule is Cc1cc(NC(=O)[C@H]2NCCO[C@@H]2C)ccc1Br.Cl. The highest BCUT2D eigenvalue weighted by Crippen LogP contribution is 2.20. The van der Waals surface area contributed by atoms with Gasteiger partial charge in [-0.1, -0.05) is 15.9 Å². The van der Waals surface area contributed by atoms with E-state index in [-0.39, 0.29) is 30.5 Å². The lowest BCUT2D eigenvalue weighted by Gasteiger charge is -2.29. The van der Waals surface area contributed by atoms with Crippen LogP contribution in [0.1, 0.15) is 12.5 Å². The molecule has 2 rings (SSSR count).